The largest absolute Gasteiger partial charge is 0.336 e. The molecule has 20 heavy (non-hydrogen) atoms. The number of amides is 2. The van der Waals surface area contributed by atoms with Crippen molar-refractivity contribution in [3.63, 3.8) is 0 Å². The fraction of sp³-hybridized carbons (Fsp3) is 0.600. The monoisotopic (exact) mass is 276 g/mol. The normalized spacial score (nSPS) is 18.5. The van der Waals surface area contributed by atoms with Crippen LogP contribution in [0, 0.1) is 5.92 Å². The van der Waals surface area contributed by atoms with Crippen molar-refractivity contribution in [1.29, 1.82) is 0 Å². The maximum Gasteiger partial charge on any atom is 0.319 e. The molecule has 0 bridgehead atoms. The molecule has 2 rings (SSSR count). The molecule has 2 amide bonds. The molecule has 1 aliphatic heterocycles. The fourth-order valence-corrected chi connectivity index (χ4v) is 2.45. The molecule has 2 heterocycles. The van der Waals surface area contributed by atoms with Crippen molar-refractivity contribution < 1.29 is 4.79 Å². The number of hydrogen-bond donors (Lipinski definition) is 2. The number of carbonyl (C=O) groups is 1. The third kappa shape index (κ3) is 4.49. The lowest BCUT2D eigenvalue weighted by Gasteiger charge is -2.34. The van der Waals surface area contributed by atoms with Crippen molar-refractivity contribution in [2.75, 3.05) is 25.0 Å². The second-order valence-corrected chi connectivity index (χ2v) is 5.64. The van der Waals surface area contributed by atoms with Crippen LogP contribution < -0.4 is 10.6 Å². The van der Waals surface area contributed by atoms with Gasteiger partial charge in [-0.05, 0) is 50.9 Å². The Morgan fingerprint density at radius 2 is 2.25 bits per heavy atom. The van der Waals surface area contributed by atoms with Crippen LogP contribution in [0.5, 0.6) is 0 Å². The first-order valence-corrected chi connectivity index (χ1v) is 7.34. The molecular formula is C15H24N4O. The van der Waals surface area contributed by atoms with E-state index in [1.54, 1.807) is 18.5 Å². The maximum absolute atomic E-state index is 11.8. The topological polar surface area (TPSA) is 57.3 Å². The minimum atomic E-state index is -0.171. The number of urea groups is 1. The predicted octanol–water partition coefficient (Wildman–Crippen LogP) is 2.32. The molecule has 0 spiro atoms. The lowest BCUT2D eigenvalue weighted by Crippen LogP contribution is -2.46. The van der Waals surface area contributed by atoms with Crippen LogP contribution in [0.2, 0.25) is 0 Å². The average Bonchev–Trinajstić information content (AvgIpc) is 2.46. The third-order valence-corrected chi connectivity index (χ3v) is 3.92. The van der Waals surface area contributed by atoms with Gasteiger partial charge in [0.05, 0.1) is 11.9 Å². The van der Waals surface area contributed by atoms with E-state index < -0.39 is 0 Å². The number of nitrogens with one attached hydrogen (secondary N) is 2. The summed E-state index contributed by atoms with van der Waals surface area (Å²) in [5, 5.41) is 5.70. The number of pyridine rings is 1. The van der Waals surface area contributed by atoms with Gasteiger partial charge in [-0.3, -0.25) is 9.88 Å². The van der Waals surface area contributed by atoms with Gasteiger partial charge in [-0.15, -0.1) is 0 Å². The molecule has 2 N–H and O–H groups in total. The van der Waals surface area contributed by atoms with Gasteiger partial charge in [-0.25, -0.2) is 4.79 Å². The molecule has 1 aliphatic rings. The van der Waals surface area contributed by atoms with E-state index in [0.717, 1.165) is 19.0 Å². The van der Waals surface area contributed by atoms with Crippen LogP contribution in [-0.4, -0.2) is 41.6 Å². The van der Waals surface area contributed by atoms with Gasteiger partial charge in [0.2, 0.25) is 0 Å². The van der Waals surface area contributed by atoms with Crippen LogP contribution in [0.25, 0.3) is 0 Å². The molecule has 5 nitrogen and oxygen atoms in total. The standard InChI is InChI=1S/C15H24N4O/c1-12-5-8-19(9-6-12)13(2)10-17-15(20)18-14-4-3-7-16-11-14/h3-4,7,11-13H,5-6,8-10H2,1-2H3,(H2,17,18,20). The van der Waals surface area contributed by atoms with E-state index in [1.165, 1.54) is 12.8 Å². The fourth-order valence-electron chi connectivity index (χ4n) is 2.45. The van der Waals surface area contributed by atoms with Crippen LogP contribution in [-0.2, 0) is 0 Å². The van der Waals surface area contributed by atoms with Crippen LogP contribution in [0.15, 0.2) is 24.5 Å². The Labute approximate surface area is 120 Å². The summed E-state index contributed by atoms with van der Waals surface area (Å²) in [4.78, 5) is 18.2. The molecule has 1 aromatic heterocycles. The Hall–Kier alpha value is -1.62. The number of likely N-dealkylation sites (tertiary alicyclic amines) is 1. The summed E-state index contributed by atoms with van der Waals surface area (Å²) in [6.45, 7) is 7.41. The van der Waals surface area contributed by atoms with Crippen molar-refractivity contribution in [3.05, 3.63) is 24.5 Å². The zero-order chi connectivity index (χ0) is 14.4. The van der Waals surface area contributed by atoms with Crippen molar-refractivity contribution >= 4 is 11.7 Å². The smallest absolute Gasteiger partial charge is 0.319 e. The summed E-state index contributed by atoms with van der Waals surface area (Å²) in [6, 6.07) is 3.83. The number of rotatable bonds is 4. The van der Waals surface area contributed by atoms with Gasteiger partial charge in [0.1, 0.15) is 0 Å². The van der Waals surface area contributed by atoms with Crippen molar-refractivity contribution in [3.8, 4) is 0 Å². The molecular weight excluding hydrogens is 252 g/mol. The minimum Gasteiger partial charge on any atom is -0.336 e. The van der Waals surface area contributed by atoms with Gasteiger partial charge in [-0.1, -0.05) is 6.92 Å². The highest BCUT2D eigenvalue weighted by Gasteiger charge is 2.20. The third-order valence-electron chi connectivity index (χ3n) is 3.92. The number of anilines is 1. The van der Waals surface area contributed by atoms with E-state index in [1.807, 2.05) is 6.07 Å². The summed E-state index contributed by atoms with van der Waals surface area (Å²) in [5.41, 5.74) is 0.712. The number of nitrogens with zero attached hydrogens (tertiary/aromatic N) is 2. The highest BCUT2D eigenvalue weighted by molar-refractivity contribution is 5.88. The zero-order valence-electron chi connectivity index (χ0n) is 12.3. The lowest BCUT2D eigenvalue weighted by atomic mass is 9.98. The van der Waals surface area contributed by atoms with Crippen molar-refractivity contribution in [2.45, 2.75) is 32.7 Å². The van der Waals surface area contributed by atoms with Gasteiger partial charge in [0.15, 0.2) is 0 Å². The van der Waals surface area contributed by atoms with Crippen LogP contribution in [0.3, 0.4) is 0 Å². The molecule has 0 radical (unpaired) electrons. The van der Waals surface area contributed by atoms with E-state index in [-0.39, 0.29) is 6.03 Å². The Bertz CT molecular complexity index is 415. The molecule has 0 aliphatic carbocycles. The Morgan fingerprint density at radius 3 is 2.90 bits per heavy atom. The van der Waals surface area contributed by atoms with E-state index in [2.05, 4.69) is 34.4 Å². The second-order valence-electron chi connectivity index (χ2n) is 5.64. The Balaban J connectivity index is 1.70. The summed E-state index contributed by atoms with van der Waals surface area (Å²) >= 11 is 0. The molecule has 5 heteroatoms. The molecule has 1 fully saturated rings. The van der Waals surface area contributed by atoms with Crippen molar-refractivity contribution in [2.24, 2.45) is 5.92 Å². The lowest BCUT2D eigenvalue weighted by molar-refractivity contribution is 0.146. The van der Waals surface area contributed by atoms with Gasteiger partial charge < -0.3 is 10.6 Å². The first-order valence-electron chi connectivity index (χ1n) is 7.34. The first kappa shape index (κ1) is 14.8. The van der Waals surface area contributed by atoms with E-state index in [4.69, 9.17) is 0 Å². The summed E-state index contributed by atoms with van der Waals surface area (Å²) in [5.74, 6) is 0.834. The van der Waals surface area contributed by atoms with E-state index in [9.17, 15) is 4.79 Å². The molecule has 0 saturated carbocycles. The van der Waals surface area contributed by atoms with Gasteiger partial charge in [0, 0.05) is 18.8 Å². The summed E-state index contributed by atoms with van der Waals surface area (Å²) < 4.78 is 0. The van der Waals surface area contributed by atoms with Crippen molar-refractivity contribution in [1.82, 2.24) is 15.2 Å². The SMILES string of the molecule is CC1CCN(C(C)CNC(=O)Nc2cccnc2)CC1. The van der Waals surface area contributed by atoms with Crippen LogP contribution in [0.1, 0.15) is 26.7 Å². The van der Waals surface area contributed by atoms with Gasteiger partial charge in [-0.2, -0.15) is 0 Å². The Kier molecular flexibility index (Phi) is 5.35. The molecule has 1 atom stereocenters. The van der Waals surface area contributed by atoms with E-state index >= 15 is 0 Å². The minimum absolute atomic E-state index is 0.171. The summed E-state index contributed by atoms with van der Waals surface area (Å²) in [6.07, 6.45) is 5.83. The maximum atomic E-state index is 11.8. The first-order chi connectivity index (χ1) is 9.65. The zero-order valence-corrected chi connectivity index (χ0v) is 12.3. The average molecular weight is 276 g/mol. The predicted molar refractivity (Wildman–Crippen MR) is 80.7 cm³/mol. The molecule has 0 aromatic carbocycles. The van der Waals surface area contributed by atoms with Gasteiger partial charge in [0.25, 0.3) is 0 Å². The molecule has 110 valence electrons. The second kappa shape index (κ2) is 7.24. The van der Waals surface area contributed by atoms with Crippen LogP contribution >= 0.6 is 0 Å². The summed E-state index contributed by atoms with van der Waals surface area (Å²) in [7, 11) is 0. The number of piperidine rings is 1. The van der Waals surface area contributed by atoms with E-state index in [0.29, 0.717) is 18.3 Å². The number of hydrogen-bond acceptors (Lipinski definition) is 3. The number of aromatic nitrogens is 1. The highest BCUT2D eigenvalue weighted by atomic mass is 16.2. The highest BCUT2D eigenvalue weighted by Crippen LogP contribution is 2.17. The quantitative estimate of drug-likeness (QED) is 0.887. The van der Waals surface area contributed by atoms with Gasteiger partial charge >= 0.3 is 6.03 Å². The Morgan fingerprint density at radius 1 is 1.50 bits per heavy atom. The number of carbonyl (C=O) groups excluding carboxylic acids is 1. The van der Waals surface area contributed by atoms with Crippen LogP contribution in [0.4, 0.5) is 10.5 Å². The molecule has 1 saturated heterocycles. The molecule has 1 unspecified atom stereocenters. The molecule has 1 aromatic rings.